The Bertz CT molecular complexity index is 322. The Morgan fingerprint density at radius 1 is 1.13 bits per heavy atom. The number of ether oxygens (including phenoxy) is 2. The van der Waals surface area contributed by atoms with Gasteiger partial charge in [-0.25, -0.2) is 0 Å². The molecule has 3 heteroatoms. The largest absolute Gasteiger partial charge is 0.497 e. The highest BCUT2D eigenvalue weighted by atomic mass is 16.5. The van der Waals surface area contributed by atoms with Crippen LogP contribution < -0.4 is 9.47 Å². The molecule has 82 valence electrons. The highest BCUT2D eigenvalue weighted by molar-refractivity contribution is 5.39. The molecule has 1 aliphatic rings. The number of hydrogen-bond acceptors (Lipinski definition) is 3. The van der Waals surface area contributed by atoms with Gasteiger partial charge in [0.1, 0.15) is 11.5 Å². The summed E-state index contributed by atoms with van der Waals surface area (Å²) in [7, 11) is 3.23. The van der Waals surface area contributed by atoms with Gasteiger partial charge in [-0.05, 0) is 36.5 Å². The lowest BCUT2D eigenvalue weighted by Crippen LogP contribution is -2.00. The highest BCUT2D eigenvalue weighted by Crippen LogP contribution is 2.42. The van der Waals surface area contributed by atoms with Gasteiger partial charge in [-0.3, -0.25) is 0 Å². The van der Waals surface area contributed by atoms with Gasteiger partial charge in [-0.1, -0.05) is 0 Å². The minimum Gasteiger partial charge on any atom is -0.497 e. The molecule has 0 amide bonds. The molecule has 1 aliphatic carbocycles. The van der Waals surface area contributed by atoms with Crippen molar-refractivity contribution in [3.05, 3.63) is 23.8 Å². The molecule has 15 heavy (non-hydrogen) atoms. The molecular weight excluding hydrogens is 192 g/mol. The summed E-state index contributed by atoms with van der Waals surface area (Å²) in [5.41, 5.74) is 0.883. The van der Waals surface area contributed by atoms with Crippen LogP contribution in [0.3, 0.4) is 0 Å². The van der Waals surface area contributed by atoms with Crippen molar-refractivity contribution in [2.24, 2.45) is 5.92 Å². The van der Waals surface area contributed by atoms with Crippen molar-refractivity contribution >= 4 is 0 Å². The van der Waals surface area contributed by atoms with Gasteiger partial charge < -0.3 is 14.6 Å². The molecular formula is C12H16O3. The van der Waals surface area contributed by atoms with Gasteiger partial charge in [-0.15, -0.1) is 0 Å². The third-order valence-electron chi connectivity index (χ3n) is 2.78. The van der Waals surface area contributed by atoms with Gasteiger partial charge in [0.25, 0.3) is 0 Å². The van der Waals surface area contributed by atoms with Crippen LogP contribution in [0.4, 0.5) is 0 Å². The highest BCUT2D eigenvalue weighted by Gasteiger charge is 2.31. The van der Waals surface area contributed by atoms with Crippen molar-refractivity contribution in [3.63, 3.8) is 0 Å². The number of aliphatic hydroxyl groups excluding tert-OH is 1. The summed E-state index contributed by atoms with van der Waals surface area (Å²) < 4.78 is 10.3. The van der Waals surface area contributed by atoms with Crippen LogP contribution in [0, 0.1) is 5.92 Å². The summed E-state index contributed by atoms with van der Waals surface area (Å²) >= 11 is 0. The standard InChI is InChI=1S/C12H16O3/c1-14-10-5-9(6-11(7-10)15-2)12(13)8-3-4-8/h5-8,12-13H,3-4H2,1-2H3. The van der Waals surface area contributed by atoms with Crippen LogP contribution in [0.15, 0.2) is 18.2 Å². The number of hydrogen-bond donors (Lipinski definition) is 1. The van der Waals surface area contributed by atoms with Gasteiger partial charge >= 0.3 is 0 Å². The van der Waals surface area contributed by atoms with E-state index in [4.69, 9.17) is 9.47 Å². The average Bonchev–Trinajstić information content (AvgIpc) is 3.11. The summed E-state index contributed by atoms with van der Waals surface area (Å²) in [6.45, 7) is 0. The summed E-state index contributed by atoms with van der Waals surface area (Å²) in [5.74, 6) is 1.87. The molecule has 0 saturated heterocycles. The van der Waals surface area contributed by atoms with Crippen molar-refractivity contribution in [3.8, 4) is 11.5 Å². The molecule has 0 bridgehead atoms. The second-order valence-corrected chi connectivity index (χ2v) is 3.93. The Morgan fingerprint density at radius 3 is 2.07 bits per heavy atom. The lowest BCUT2D eigenvalue weighted by molar-refractivity contribution is 0.153. The van der Waals surface area contributed by atoms with E-state index in [9.17, 15) is 5.11 Å². The van der Waals surface area contributed by atoms with Gasteiger partial charge in [0.05, 0.1) is 20.3 Å². The van der Waals surface area contributed by atoms with Gasteiger partial charge in [0.2, 0.25) is 0 Å². The Hall–Kier alpha value is -1.22. The van der Waals surface area contributed by atoms with Crippen molar-refractivity contribution in [1.82, 2.24) is 0 Å². The first kappa shape index (κ1) is 10.3. The Morgan fingerprint density at radius 2 is 1.67 bits per heavy atom. The van der Waals surface area contributed by atoms with Crippen molar-refractivity contribution in [2.75, 3.05) is 14.2 Å². The third kappa shape index (κ3) is 2.23. The minimum atomic E-state index is -0.381. The molecule has 0 aromatic heterocycles. The molecule has 2 rings (SSSR count). The Labute approximate surface area is 89.6 Å². The first-order valence-corrected chi connectivity index (χ1v) is 5.15. The smallest absolute Gasteiger partial charge is 0.122 e. The Kier molecular flexibility index (Phi) is 2.82. The van der Waals surface area contributed by atoms with Crippen LogP contribution in [0.1, 0.15) is 24.5 Å². The fourth-order valence-electron chi connectivity index (χ4n) is 1.68. The van der Waals surface area contributed by atoms with E-state index in [1.165, 1.54) is 0 Å². The van der Waals surface area contributed by atoms with Crippen LogP contribution in [0.5, 0.6) is 11.5 Å². The minimum absolute atomic E-state index is 0.381. The molecule has 0 heterocycles. The molecule has 0 radical (unpaired) electrons. The fourth-order valence-corrected chi connectivity index (χ4v) is 1.68. The maximum Gasteiger partial charge on any atom is 0.122 e. The molecule has 1 aromatic rings. The molecule has 0 spiro atoms. The monoisotopic (exact) mass is 208 g/mol. The number of benzene rings is 1. The van der Waals surface area contributed by atoms with Crippen molar-refractivity contribution in [1.29, 1.82) is 0 Å². The summed E-state index contributed by atoms with van der Waals surface area (Å²) in [4.78, 5) is 0. The first-order chi connectivity index (χ1) is 7.24. The van der Waals surface area contributed by atoms with Crippen LogP contribution >= 0.6 is 0 Å². The fraction of sp³-hybridized carbons (Fsp3) is 0.500. The zero-order valence-electron chi connectivity index (χ0n) is 9.06. The predicted octanol–water partition coefficient (Wildman–Crippen LogP) is 2.15. The van der Waals surface area contributed by atoms with E-state index >= 15 is 0 Å². The zero-order valence-corrected chi connectivity index (χ0v) is 9.06. The second kappa shape index (κ2) is 4.11. The molecule has 1 aromatic carbocycles. The van der Waals surface area contributed by atoms with E-state index in [1.807, 2.05) is 18.2 Å². The zero-order chi connectivity index (χ0) is 10.8. The van der Waals surface area contributed by atoms with Gasteiger partial charge in [0, 0.05) is 6.07 Å². The molecule has 1 saturated carbocycles. The van der Waals surface area contributed by atoms with E-state index in [2.05, 4.69) is 0 Å². The first-order valence-electron chi connectivity index (χ1n) is 5.15. The van der Waals surface area contributed by atoms with Gasteiger partial charge in [-0.2, -0.15) is 0 Å². The summed E-state index contributed by atoms with van der Waals surface area (Å²) in [6.07, 6.45) is 1.84. The second-order valence-electron chi connectivity index (χ2n) is 3.93. The quantitative estimate of drug-likeness (QED) is 0.824. The molecule has 0 aliphatic heterocycles. The lowest BCUT2D eigenvalue weighted by atomic mass is 10.0. The predicted molar refractivity (Wildman–Crippen MR) is 57.2 cm³/mol. The van der Waals surface area contributed by atoms with Crippen LogP contribution in [-0.2, 0) is 0 Å². The maximum absolute atomic E-state index is 9.99. The van der Waals surface area contributed by atoms with Crippen LogP contribution in [0.25, 0.3) is 0 Å². The van der Waals surface area contributed by atoms with Crippen LogP contribution in [-0.4, -0.2) is 19.3 Å². The number of aliphatic hydroxyl groups is 1. The lowest BCUT2D eigenvalue weighted by Gasteiger charge is -2.12. The SMILES string of the molecule is COc1cc(OC)cc(C(O)C2CC2)c1. The van der Waals surface area contributed by atoms with Crippen molar-refractivity contribution in [2.45, 2.75) is 18.9 Å². The molecule has 1 unspecified atom stereocenters. The maximum atomic E-state index is 9.99. The van der Waals surface area contributed by atoms with E-state index in [0.717, 1.165) is 29.9 Å². The van der Waals surface area contributed by atoms with E-state index in [1.54, 1.807) is 14.2 Å². The summed E-state index contributed by atoms with van der Waals surface area (Å²) in [6, 6.07) is 5.54. The normalized spacial score (nSPS) is 17.3. The molecule has 3 nitrogen and oxygen atoms in total. The van der Waals surface area contributed by atoms with Crippen LogP contribution in [0.2, 0.25) is 0 Å². The average molecular weight is 208 g/mol. The molecule has 1 fully saturated rings. The number of rotatable bonds is 4. The van der Waals surface area contributed by atoms with E-state index in [-0.39, 0.29) is 6.10 Å². The van der Waals surface area contributed by atoms with Crippen molar-refractivity contribution < 1.29 is 14.6 Å². The molecule has 1 atom stereocenters. The summed E-state index contributed by atoms with van der Waals surface area (Å²) in [5, 5.41) is 9.99. The molecule has 1 N–H and O–H groups in total. The topological polar surface area (TPSA) is 38.7 Å². The van der Waals surface area contributed by atoms with E-state index < -0.39 is 0 Å². The Balaban J connectivity index is 2.28. The third-order valence-corrected chi connectivity index (χ3v) is 2.78. The van der Waals surface area contributed by atoms with E-state index in [0.29, 0.717) is 5.92 Å². The van der Waals surface area contributed by atoms with Gasteiger partial charge in [0.15, 0.2) is 0 Å². The number of methoxy groups -OCH3 is 2.